The van der Waals surface area contributed by atoms with E-state index in [0.717, 1.165) is 23.4 Å². The second-order valence-corrected chi connectivity index (χ2v) is 4.82. The Labute approximate surface area is 119 Å². The van der Waals surface area contributed by atoms with Gasteiger partial charge in [0.15, 0.2) is 0 Å². The van der Waals surface area contributed by atoms with Crippen molar-refractivity contribution in [1.82, 2.24) is 10.3 Å². The molecule has 106 valence electrons. The van der Waals surface area contributed by atoms with Crippen molar-refractivity contribution in [3.63, 3.8) is 0 Å². The van der Waals surface area contributed by atoms with Gasteiger partial charge in [-0.3, -0.25) is 4.98 Å². The van der Waals surface area contributed by atoms with Gasteiger partial charge in [0.2, 0.25) is 0 Å². The summed E-state index contributed by atoms with van der Waals surface area (Å²) in [6, 6.07) is 9.08. The first-order valence-electron chi connectivity index (χ1n) is 6.79. The predicted octanol–water partition coefficient (Wildman–Crippen LogP) is 2.97. The molecule has 0 aliphatic carbocycles. The number of nitrogens with one attached hydrogen (secondary N) is 1. The SMILES string of the molecule is CCNCc1cc(F)cc(N(C)Cc2cccnc2)c1. The predicted molar refractivity (Wildman–Crippen MR) is 80.1 cm³/mol. The van der Waals surface area contributed by atoms with Crippen LogP contribution in [0, 0.1) is 5.82 Å². The van der Waals surface area contributed by atoms with Gasteiger partial charge in [-0.05, 0) is 41.9 Å². The summed E-state index contributed by atoms with van der Waals surface area (Å²) >= 11 is 0. The van der Waals surface area contributed by atoms with Crippen LogP contribution in [0.15, 0.2) is 42.7 Å². The van der Waals surface area contributed by atoms with E-state index in [1.807, 2.05) is 43.3 Å². The number of hydrogen-bond donors (Lipinski definition) is 1. The molecule has 0 aliphatic heterocycles. The Bertz CT molecular complexity index is 543. The summed E-state index contributed by atoms with van der Waals surface area (Å²) in [5.74, 6) is -0.201. The van der Waals surface area contributed by atoms with Crippen LogP contribution in [-0.4, -0.2) is 18.6 Å². The number of anilines is 1. The van der Waals surface area contributed by atoms with Crippen molar-refractivity contribution in [3.05, 3.63) is 59.7 Å². The van der Waals surface area contributed by atoms with Crippen LogP contribution < -0.4 is 10.2 Å². The molecule has 2 rings (SSSR count). The number of hydrogen-bond acceptors (Lipinski definition) is 3. The number of halogens is 1. The Morgan fingerprint density at radius 2 is 2.10 bits per heavy atom. The highest BCUT2D eigenvalue weighted by Gasteiger charge is 2.06. The van der Waals surface area contributed by atoms with Gasteiger partial charge in [0.25, 0.3) is 0 Å². The fraction of sp³-hybridized carbons (Fsp3) is 0.312. The standard InChI is InChI=1S/C16H20FN3/c1-3-18-11-14-7-15(17)9-16(8-14)20(2)12-13-5-4-6-19-10-13/h4-10,18H,3,11-12H2,1-2H3. The van der Waals surface area contributed by atoms with E-state index in [2.05, 4.69) is 10.3 Å². The molecule has 1 aromatic carbocycles. The number of rotatable bonds is 6. The van der Waals surface area contributed by atoms with Gasteiger partial charge in [-0.25, -0.2) is 4.39 Å². The lowest BCUT2D eigenvalue weighted by atomic mass is 10.1. The van der Waals surface area contributed by atoms with Crippen LogP contribution in [0.3, 0.4) is 0 Å². The first-order valence-corrected chi connectivity index (χ1v) is 6.79. The van der Waals surface area contributed by atoms with Gasteiger partial charge in [-0.2, -0.15) is 0 Å². The third-order valence-electron chi connectivity index (χ3n) is 3.10. The molecule has 0 fully saturated rings. The molecule has 0 amide bonds. The van der Waals surface area contributed by atoms with E-state index in [9.17, 15) is 4.39 Å². The molecule has 20 heavy (non-hydrogen) atoms. The van der Waals surface area contributed by atoms with Gasteiger partial charge < -0.3 is 10.2 Å². The first kappa shape index (κ1) is 14.5. The minimum Gasteiger partial charge on any atom is -0.370 e. The smallest absolute Gasteiger partial charge is 0.125 e. The van der Waals surface area contributed by atoms with Crippen LogP contribution in [0.25, 0.3) is 0 Å². The Morgan fingerprint density at radius 1 is 1.25 bits per heavy atom. The number of benzene rings is 1. The van der Waals surface area contributed by atoms with Crippen molar-refractivity contribution >= 4 is 5.69 Å². The summed E-state index contributed by atoms with van der Waals surface area (Å²) in [6.45, 7) is 4.30. The minimum absolute atomic E-state index is 0.201. The van der Waals surface area contributed by atoms with E-state index in [1.165, 1.54) is 0 Å². The van der Waals surface area contributed by atoms with Crippen molar-refractivity contribution in [2.75, 3.05) is 18.5 Å². The molecular formula is C16H20FN3. The largest absolute Gasteiger partial charge is 0.370 e. The lowest BCUT2D eigenvalue weighted by molar-refractivity contribution is 0.621. The lowest BCUT2D eigenvalue weighted by Crippen LogP contribution is -2.18. The zero-order chi connectivity index (χ0) is 14.4. The molecule has 2 aromatic rings. The fourth-order valence-corrected chi connectivity index (χ4v) is 2.08. The molecule has 0 radical (unpaired) electrons. The van der Waals surface area contributed by atoms with E-state index in [4.69, 9.17) is 0 Å². The highest BCUT2D eigenvalue weighted by Crippen LogP contribution is 2.19. The molecule has 0 saturated carbocycles. The molecule has 0 atom stereocenters. The monoisotopic (exact) mass is 273 g/mol. The zero-order valence-corrected chi connectivity index (χ0v) is 11.9. The van der Waals surface area contributed by atoms with Crippen molar-refractivity contribution in [2.24, 2.45) is 0 Å². The van der Waals surface area contributed by atoms with Crippen LogP contribution >= 0.6 is 0 Å². The lowest BCUT2D eigenvalue weighted by Gasteiger charge is -2.20. The summed E-state index contributed by atoms with van der Waals surface area (Å²) in [5, 5.41) is 3.21. The summed E-state index contributed by atoms with van der Waals surface area (Å²) in [5.41, 5.74) is 2.94. The van der Waals surface area contributed by atoms with Gasteiger partial charge in [0, 0.05) is 38.2 Å². The van der Waals surface area contributed by atoms with Crippen molar-refractivity contribution < 1.29 is 4.39 Å². The average Bonchev–Trinajstić information content (AvgIpc) is 2.45. The first-order chi connectivity index (χ1) is 9.69. The van der Waals surface area contributed by atoms with Gasteiger partial charge in [0.05, 0.1) is 0 Å². The van der Waals surface area contributed by atoms with Gasteiger partial charge >= 0.3 is 0 Å². The van der Waals surface area contributed by atoms with E-state index in [1.54, 1.807) is 18.3 Å². The third kappa shape index (κ3) is 4.03. The maximum Gasteiger partial charge on any atom is 0.125 e. The molecule has 0 bridgehead atoms. The van der Waals surface area contributed by atoms with E-state index in [0.29, 0.717) is 13.1 Å². The quantitative estimate of drug-likeness (QED) is 0.877. The van der Waals surface area contributed by atoms with Crippen molar-refractivity contribution in [3.8, 4) is 0 Å². The Morgan fingerprint density at radius 3 is 2.80 bits per heavy atom. The topological polar surface area (TPSA) is 28.2 Å². The maximum atomic E-state index is 13.7. The number of nitrogens with zero attached hydrogens (tertiary/aromatic N) is 2. The Hall–Kier alpha value is -1.94. The number of pyridine rings is 1. The molecule has 1 N–H and O–H groups in total. The second-order valence-electron chi connectivity index (χ2n) is 4.82. The molecule has 0 saturated heterocycles. The van der Waals surface area contributed by atoms with Crippen LogP contribution in [0.4, 0.5) is 10.1 Å². The zero-order valence-electron chi connectivity index (χ0n) is 11.9. The van der Waals surface area contributed by atoms with Gasteiger partial charge in [0.1, 0.15) is 5.82 Å². The minimum atomic E-state index is -0.201. The van der Waals surface area contributed by atoms with Crippen molar-refractivity contribution in [2.45, 2.75) is 20.0 Å². The van der Waals surface area contributed by atoms with Crippen LogP contribution in [0.2, 0.25) is 0 Å². The van der Waals surface area contributed by atoms with E-state index < -0.39 is 0 Å². The molecule has 1 heterocycles. The highest BCUT2D eigenvalue weighted by atomic mass is 19.1. The summed E-state index contributed by atoms with van der Waals surface area (Å²) in [6.07, 6.45) is 3.58. The maximum absolute atomic E-state index is 13.7. The second kappa shape index (κ2) is 7.01. The summed E-state index contributed by atoms with van der Waals surface area (Å²) < 4.78 is 13.7. The van der Waals surface area contributed by atoms with Gasteiger partial charge in [-0.1, -0.05) is 13.0 Å². The highest BCUT2D eigenvalue weighted by molar-refractivity contribution is 5.48. The molecular weight excluding hydrogens is 253 g/mol. The normalized spacial score (nSPS) is 10.6. The van der Waals surface area contributed by atoms with Crippen LogP contribution in [-0.2, 0) is 13.1 Å². The van der Waals surface area contributed by atoms with Crippen LogP contribution in [0.1, 0.15) is 18.1 Å². The third-order valence-corrected chi connectivity index (χ3v) is 3.10. The molecule has 0 spiro atoms. The van der Waals surface area contributed by atoms with E-state index >= 15 is 0 Å². The Kier molecular flexibility index (Phi) is 5.07. The molecule has 4 heteroatoms. The molecule has 0 unspecified atom stereocenters. The molecule has 3 nitrogen and oxygen atoms in total. The summed E-state index contributed by atoms with van der Waals surface area (Å²) in [7, 11) is 1.96. The average molecular weight is 273 g/mol. The van der Waals surface area contributed by atoms with Crippen molar-refractivity contribution in [1.29, 1.82) is 0 Å². The van der Waals surface area contributed by atoms with E-state index in [-0.39, 0.29) is 5.82 Å². The summed E-state index contributed by atoms with van der Waals surface area (Å²) in [4.78, 5) is 6.12. The molecule has 0 aliphatic rings. The molecule has 1 aromatic heterocycles. The van der Waals surface area contributed by atoms with Crippen LogP contribution in [0.5, 0.6) is 0 Å². The fourth-order valence-electron chi connectivity index (χ4n) is 2.08. The Balaban J connectivity index is 2.12. The number of aromatic nitrogens is 1. The van der Waals surface area contributed by atoms with Gasteiger partial charge in [-0.15, -0.1) is 0 Å².